The number of esters is 2. The van der Waals surface area contributed by atoms with Crippen molar-refractivity contribution >= 4 is 46.3 Å². The highest BCUT2D eigenvalue weighted by Gasteiger charge is 2.78. The van der Waals surface area contributed by atoms with Crippen molar-refractivity contribution in [3.63, 3.8) is 0 Å². The molecule has 2 bridgehead atoms. The van der Waals surface area contributed by atoms with Crippen molar-refractivity contribution in [3.8, 4) is 0 Å². The van der Waals surface area contributed by atoms with Crippen LogP contribution in [0.2, 0.25) is 0 Å². The number of benzene rings is 2. The topological polar surface area (TPSA) is 162 Å². The zero-order chi connectivity index (χ0) is 38.0. The lowest BCUT2D eigenvalue weighted by Gasteiger charge is -2.48. The number of hydroxylamine groups is 2. The Balaban J connectivity index is 1.01. The molecule has 3 aliphatic heterocycles. The summed E-state index contributed by atoms with van der Waals surface area (Å²) in [6, 6.07) is 13.0. The van der Waals surface area contributed by atoms with Gasteiger partial charge in [0.2, 0.25) is 5.91 Å². The van der Waals surface area contributed by atoms with Gasteiger partial charge in [0.1, 0.15) is 35.4 Å². The van der Waals surface area contributed by atoms with Crippen molar-refractivity contribution < 1.29 is 48.1 Å². The fourth-order valence-electron chi connectivity index (χ4n) is 8.79. The van der Waals surface area contributed by atoms with E-state index in [4.69, 9.17) is 23.8 Å². The van der Waals surface area contributed by atoms with Gasteiger partial charge >= 0.3 is 11.9 Å². The van der Waals surface area contributed by atoms with E-state index in [2.05, 4.69) is 33.2 Å². The second-order valence-corrected chi connectivity index (χ2v) is 17.8. The normalized spacial score (nSPS) is 30.2. The molecule has 8 rings (SSSR count). The average Bonchev–Trinajstić information content (AvgIpc) is 4.08. The Hall–Kier alpha value is -3.15. The van der Waals surface area contributed by atoms with Crippen LogP contribution in [0.15, 0.2) is 48.5 Å². The van der Waals surface area contributed by atoms with Crippen LogP contribution in [-0.4, -0.2) is 88.4 Å². The highest BCUT2D eigenvalue weighted by atomic mass is 127. The molecule has 7 atom stereocenters. The van der Waals surface area contributed by atoms with E-state index < -0.39 is 71.1 Å². The minimum Gasteiger partial charge on any atom is -0.460 e. The Labute approximate surface area is 328 Å². The van der Waals surface area contributed by atoms with Crippen molar-refractivity contribution in [1.29, 1.82) is 0 Å². The number of aliphatic hydroxyl groups is 1. The zero-order valence-corrected chi connectivity index (χ0v) is 32.9. The maximum absolute atomic E-state index is 14.8. The van der Waals surface area contributed by atoms with Gasteiger partial charge in [0, 0.05) is 40.4 Å². The fraction of sp³-hybridized carbons (Fsp3) is 0.600. The van der Waals surface area contributed by atoms with Crippen molar-refractivity contribution in [3.05, 3.63) is 68.8 Å². The van der Waals surface area contributed by atoms with Gasteiger partial charge in [-0.25, -0.2) is 0 Å². The molecule has 6 fully saturated rings. The van der Waals surface area contributed by atoms with Crippen LogP contribution in [0.3, 0.4) is 0 Å². The number of halogens is 1. The molecule has 0 unspecified atom stereocenters. The number of carbonyl (C=O) groups excluding carboxylic acids is 4. The summed E-state index contributed by atoms with van der Waals surface area (Å²) in [5.41, 5.74) is 0.00540. The van der Waals surface area contributed by atoms with Gasteiger partial charge in [-0.05, 0) is 105 Å². The number of amides is 2. The molecule has 0 radical (unpaired) electrons. The molecular weight excluding hydrogens is 809 g/mol. The van der Waals surface area contributed by atoms with Crippen LogP contribution in [0.25, 0.3) is 0 Å². The molecule has 290 valence electrons. The molecule has 3 N–H and O–H groups in total. The molecule has 13 nitrogen and oxygen atoms in total. The maximum Gasteiger partial charge on any atom is 0.327 e. The van der Waals surface area contributed by atoms with E-state index in [1.54, 1.807) is 50.1 Å². The highest BCUT2D eigenvalue weighted by molar-refractivity contribution is 14.1. The Bertz CT molecular complexity index is 1800. The van der Waals surface area contributed by atoms with Gasteiger partial charge in [-0.2, -0.15) is 5.06 Å². The van der Waals surface area contributed by atoms with Gasteiger partial charge in [-0.15, -0.1) is 0 Å². The largest absolute Gasteiger partial charge is 0.460 e. The summed E-state index contributed by atoms with van der Waals surface area (Å²) in [6.45, 7) is 5.34. The lowest BCUT2D eigenvalue weighted by molar-refractivity contribution is -0.235. The third-order valence-electron chi connectivity index (χ3n) is 11.5. The molecule has 0 aromatic heterocycles. The van der Waals surface area contributed by atoms with Crippen molar-refractivity contribution in [1.82, 2.24) is 15.7 Å². The molecule has 2 aromatic carbocycles. The number of fused-ring (bicyclic) bond motifs is 4. The van der Waals surface area contributed by atoms with Crippen LogP contribution in [0.5, 0.6) is 0 Å². The molecule has 2 aromatic rings. The second-order valence-electron chi connectivity index (χ2n) is 16.6. The van der Waals surface area contributed by atoms with Crippen LogP contribution in [0.1, 0.15) is 87.2 Å². The van der Waals surface area contributed by atoms with Gasteiger partial charge in [0.25, 0.3) is 5.91 Å². The Kier molecular flexibility index (Phi) is 10.1. The minimum absolute atomic E-state index is 0.0413. The van der Waals surface area contributed by atoms with Crippen LogP contribution < -0.4 is 10.6 Å². The standard InChI is InChI=1S/C40H48IN3O10/c1-38(2,3)51-30(46)16-15-27(21-45)43-35(47)23-9-6-7-22(17-23)19-42-37(49)39-18-29-31-32(53-40(52-31,25-11-12-25)26-13-14-26)34(39)54-44(33(39)36(48)50-29)20-24-8-4-5-10-28(24)41/h4-10,17,25-27,29,31-34,45H,11-16,18-21H2,1-3H3,(H,42,49)(H,43,47)/t27-,29+,31-,32-,33-,34+,39-/m0/s1. The predicted octanol–water partition coefficient (Wildman–Crippen LogP) is 3.92. The molecular formula is C40H48IN3O10. The molecule has 6 aliphatic rings. The van der Waals surface area contributed by atoms with E-state index in [0.717, 1.165) is 34.8 Å². The van der Waals surface area contributed by atoms with Crippen molar-refractivity contribution in [2.75, 3.05) is 6.61 Å². The number of ether oxygens (including phenoxy) is 4. The summed E-state index contributed by atoms with van der Waals surface area (Å²) in [5, 5.41) is 17.4. The first-order valence-corrected chi connectivity index (χ1v) is 20.1. The van der Waals surface area contributed by atoms with Crippen LogP contribution in [0, 0.1) is 20.8 Å². The number of rotatable bonds is 13. The van der Waals surface area contributed by atoms with Gasteiger partial charge in [-0.1, -0.05) is 30.3 Å². The van der Waals surface area contributed by atoms with Gasteiger partial charge in [-0.3, -0.25) is 24.0 Å². The third kappa shape index (κ3) is 7.06. The van der Waals surface area contributed by atoms with Crippen molar-refractivity contribution in [2.24, 2.45) is 17.3 Å². The van der Waals surface area contributed by atoms with E-state index in [1.807, 2.05) is 24.3 Å². The number of nitrogens with one attached hydrogen (secondary N) is 2. The summed E-state index contributed by atoms with van der Waals surface area (Å²) in [6.07, 6.45) is 1.95. The zero-order valence-electron chi connectivity index (χ0n) is 30.8. The van der Waals surface area contributed by atoms with Crippen LogP contribution >= 0.6 is 22.6 Å². The molecule has 3 heterocycles. The van der Waals surface area contributed by atoms with E-state index >= 15 is 0 Å². The Morgan fingerprint density at radius 1 is 1.04 bits per heavy atom. The van der Waals surface area contributed by atoms with Gasteiger partial charge < -0.3 is 34.7 Å². The molecule has 3 saturated heterocycles. The minimum atomic E-state index is -1.31. The maximum atomic E-state index is 14.8. The van der Waals surface area contributed by atoms with Crippen molar-refractivity contribution in [2.45, 2.75) is 127 Å². The Morgan fingerprint density at radius 3 is 2.44 bits per heavy atom. The Morgan fingerprint density at radius 2 is 1.76 bits per heavy atom. The number of aliphatic hydroxyl groups excluding tert-OH is 1. The first-order chi connectivity index (χ1) is 25.8. The predicted molar refractivity (Wildman–Crippen MR) is 200 cm³/mol. The molecule has 14 heteroatoms. The van der Waals surface area contributed by atoms with Gasteiger partial charge in [0.15, 0.2) is 11.8 Å². The van der Waals surface area contributed by atoms with Gasteiger partial charge in [0.05, 0.1) is 19.2 Å². The highest BCUT2D eigenvalue weighted by Crippen LogP contribution is 2.63. The number of hydrogen-bond donors (Lipinski definition) is 3. The van der Waals surface area contributed by atoms with Crippen LogP contribution in [0.4, 0.5) is 0 Å². The number of hydrogen-bond acceptors (Lipinski definition) is 11. The second kappa shape index (κ2) is 14.4. The van der Waals surface area contributed by atoms with E-state index in [-0.39, 0.29) is 56.7 Å². The summed E-state index contributed by atoms with van der Waals surface area (Å²) in [7, 11) is 0. The summed E-state index contributed by atoms with van der Waals surface area (Å²) < 4.78 is 26.3. The molecule has 54 heavy (non-hydrogen) atoms. The quantitative estimate of drug-likeness (QED) is 0.198. The first kappa shape index (κ1) is 37.8. The van der Waals surface area contributed by atoms with Crippen LogP contribution in [-0.2, 0) is 51.3 Å². The summed E-state index contributed by atoms with van der Waals surface area (Å²) in [5.74, 6) is -1.90. The fourth-order valence-corrected chi connectivity index (χ4v) is 9.35. The first-order valence-electron chi connectivity index (χ1n) is 19.0. The lowest BCUT2D eigenvalue weighted by atomic mass is 9.62. The van der Waals surface area contributed by atoms with E-state index in [0.29, 0.717) is 11.1 Å². The third-order valence-corrected chi connectivity index (χ3v) is 12.6. The average molecular weight is 858 g/mol. The summed E-state index contributed by atoms with van der Waals surface area (Å²) in [4.78, 5) is 61.0. The monoisotopic (exact) mass is 857 g/mol. The molecule has 0 spiro atoms. The van der Waals surface area contributed by atoms with E-state index in [1.165, 1.54) is 0 Å². The lowest BCUT2D eigenvalue weighted by Crippen LogP contribution is -2.69. The van der Waals surface area contributed by atoms with E-state index in [9.17, 15) is 24.3 Å². The SMILES string of the molecule is CC(C)(C)OC(=O)CC[C@@H](CO)NC(=O)c1cccc(CNC(=O)[C@@]23C[C@H]4OC(=O)[C@@H]2N(Cc2ccccc2I)O[C@@H]3[C@H]2OC(C3CC3)(C3CC3)O[C@H]24)c1. The number of nitrogens with zero attached hydrogens (tertiary/aromatic N) is 1. The molecule has 3 aliphatic carbocycles. The number of carbonyl (C=O) groups is 4. The molecule has 2 amide bonds. The molecule has 3 saturated carbocycles. The summed E-state index contributed by atoms with van der Waals surface area (Å²) >= 11 is 2.26. The smallest absolute Gasteiger partial charge is 0.327 e.